The second-order valence-electron chi connectivity index (χ2n) is 4.55. The fourth-order valence-electron chi connectivity index (χ4n) is 2.18. The molecular weight excluding hydrogens is 356 g/mol. The molecule has 0 N–H and O–H groups in total. The molecule has 3 rings (SSSR count). The first-order valence-electron chi connectivity index (χ1n) is 6.04. The van der Waals surface area contributed by atoms with Crippen LogP contribution < -0.4 is 0 Å². The number of rotatable bonds is 2. The molecule has 0 aliphatic rings. The van der Waals surface area contributed by atoms with Crippen molar-refractivity contribution in [3.8, 4) is 0 Å². The molecule has 0 aliphatic carbocycles. The number of hydrogen-bond donors (Lipinski definition) is 0. The highest BCUT2D eigenvalue weighted by atomic mass is 79.9. The van der Waals surface area contributed by atoms with E-state index in [1.54, 1.807) is 23.5 Å². The van der Waals surface area contributed by atoms with Crippen molar-refractivity contribution in [1.82, 2.24) is 0 Å². The van der Waals surface area contributed by atoms with Crippen LogP contribution in [-0.2, 0) is 0 Å². The topological polar surface area (TPSA) is 17.1 Å². The third-order valence-electron chi connectivity index (χ3n) is 3.24. The Hall–Kier alpha value is -1.16. The van der Waals surface area contributed by atoms with Crippen LogP contribution in [0.25, 0.3) is 10.1 Å². The van der Waals surface area contributed by atoms with E-state index < -0.39 is 0 Å². The standard InChI is InChI=1S/C16H10BrClOS/c1-9-5-6-10(18)7-12(9)15(19)13-8-20-16-11(13)3-2-4-14(16)17/h2-8H,1H3. The van der Waals surface area contributed by atoms with Crippen molar-refractivity contribution >= 4 is 54.7 Å². The summed E-state index contributed by atoms with van der Waals surface area (Å²) in [6.45, 7) is 1.92. The van der Waals surface area contributed by atoms with E-state index in [0.29, 0.717) is 10.6 Å². The van der Waals surface area contributed by atoms with Crippen molar-refractivity contribution in [2.24, 2.45) is 0 Å². The molecule has 4 heteroatoms. The lowest BCUT2D eigenvalue weighted by Gasteiger charge is -2.05. The van der Waals surface area contributed by atoms with Gasteiger partial charge >= 0.3 is 0 Å². The first-order valence-corrected chi connectivity index (χ1v) is 8.09. The minimum atomic E-state index is 0.0225. The Morgan fingerprint density at radius 3 is 2.80 bits per heavy atom. The van der Waals surface area contributed by atoms with E-state index in [2.05, 4.69) is 15.9 Å². The molecule has 20 heavy (non-hydrogen) atoms. The molecule has 0 spiro atoms. The van der Waals surface area contributed by atoms with Gasteiger partial charge < -0.3 is 0 Å². The number of aryl methyl sites for hydroxylation is 1. The Morgan fingerprint density at radius 2 is 2.00 bits per heavy atom. The molecule has 0 aliphatic heterocycles. The van der Waals surface area contributed by atoms with Crippen LogP contribution in [0.5, 0.6) is 0 Å². The van der Waals surface area contributed by atoms with E-state index in [1.807, 2.05) is 36.6 Å². The van der Waals surface area contributed by atoms with Crippen molar-refractivity contribution in [1.29, 1.82) is 0 Å². The molecule has 0 fully saturated rings. The van der Waals surface area contributed by atoms with Gasteiger partial charge in [0.25, 0.3) is 0 Å². The summed E-state index contributed by atoms with van der Waals surface area (Å²) in [7, 11) is 0. The van der Waals surface area contributed by atoms with Gasteiger partial charge in [0.15, 0.2) is 5.78 Å². The molecule has 0 saturated carbocycles. The highest BCUT2D eigenvalue weighted by Gasteiger charge is 2.17. The quantitative estimate of drug-likeness (QED) is 0.520. The zero-order valence-electron chi connectivity index (χ0n) is 10.6. The van der Waals surface area contributed by atoms with E-state index in [4.69, 9.17) is 11.6 Å². The van der Waals surface area contributed by atoms with E-state index in [-0.39, 0.29) is 5.78 Å². The van der Waals surface area contributed by atoms with E-state index in [9.17, 15) is 4.79 Å². The van der Waals surface area contributed by atoms with Gasteiger partial charge in [-0.2, -0.15) is 0 Å². The Balaban J connectivity index is 2.18. The molecule has 0 bridgehead atoms. The highest BCUT2D eigenvalue weighted by molar-refractivity contribution is 9.10. The average molecular weight is 366 g/mol. The summed E-state index contributed by atoms with van der Waals surface area (Å²) in [4.78, 5) is 12.7. The SMILES string of the molecule is Cc1ccc(Cl)cc1C(=O)c1csc2c(Br)cccc12. The predicted molar refractivity (Wildman–Crippen MR) is 89.1 cm³/mol. The Morgan fingerprint density at radius 1 is 1.20 bits per heavy atom. The summed E-state index contributed by atoms with van der Waals surface area (Å²) >= 11 is 11.1. The number of carbonyl (C=O) groups excluding carboxylic acids is 1. The minimum absolute atomic E-state index is 0.0225. The number of benzene rings is 2. The van der Waals surface area contributed by atoms with Gasteiger partial charge in [-0.25, -0.2) is 0 Å². The summed E-state index contributed by atoms with van der Waals surface area (Å²) in [6, 6.07) is 11.3. The summed E-state index contributed by atoms with van der Waals surface area (Å²) in [5.74, 6) is 0.0225. The molecule has 0 saturated heterocycles. The van der Waals surface area contributed by atoms with Crippen molar-refractivity contribution in [2.75, 3.05) is 0 Å². The number of hydrogen-bond acceptors (Lipinski definition) is 2. The monoisotopic (exact) mass is 364 g/mol. The maximum absolute atomic E-state index is 12.7. The molecule has 3 aromatic rings. The molecule has 0 unspecified atom stereocenters. The van der Waals surface area contributed by atoms with Gasteiger partial charge in [0.2, 0.25) is 0 Å². The summed E-state index contributed by atoms with van der Waals surface area (Å²) in [6.07, 6.45) is 0. The van der Waals surface area contributed by atoms with Crippen LogP contribution in [0.3, 0.4) is 0 Å². The lowest BCUT2D eigenvalue weighted by molar-refractivity contribution is 0.104. The lowest BCUT2D eigenvalue weighted by atomic mass is 9.99. The normalized spacial score (nSPS) is 10.9. The maximum Gasteiger partial charge on any atom is 0.194 e. The van der Waals surface area contributed by atoms with Gasteiger partial charge in [-0.1, -0.05) is 29.8 Å². The summed E-state index contributed by atoms with van der Waals surface area (Å²) in [5, 5.41) is 3.48. The van der Waals surface area contributed by atoms with Gasteiger partial charge in [0, 0.05) is 36.1 Å². The van der Waals surface area contributed by atoms with Gasteiger partial charge in [-0.05, 0) is 46.6 Å². The Bertz CT molecular complexity index is 822. The van der Waals surface area contributed by atoms with Crippen LogP contribution in [0.1, 0.15) is 21.5 Å². The largest absolute Gasteiger partial charge is 0.289 e. The smallest absolute Gasteiger partial charge is 0.194 e. The van der Waals surface area contributed by atoms with Crippen LogP contribution in [0.4, 0.5) is 0 Å². The summed E-state index contributed by atoms with van der Waals surface area (Å²) < 4.78 is 2.11. The number of carbonyl (C=O) groups is 1. The predicted octanol–water partition coefficient (Wildman–Crippen LogP) is 5.86. The van der Waals surface area contributed by atoms with E-state index in [0.717, 1.165) is 25.7 Å². The Kier molecular flexibility index (Phi) is 3.67. The van der Waals surface area contributed by atoms with Crippen LogP contribution in [0.15, 0.2) is 46.3 Å². The zero-order chi connectivity index (χ0) is 14.3. The average Bonchev–Trinajstić information content (AvgIpc) is 2.86. The number of thiophene rings is 1. The molecule has 1 nitrogen and oxygen atoms in total. The van der Waals surface area contributed by atoms with Crippen LogP contribution in [-0.4, -0.2) is 5.78 Å². The highest BCUT2D eigenvalue weighted by Crippen LogP contribution is 2.33. The number of fused-ring (bicyclic) bond motifs is 1. The fraction of sp³-hybridized carbons (Fsp3) is 0.0625. The molecule has 2 aromatic carbocycles. The second-order valence-corrected chi connectivity index (χ2v) is 6.72. The molecule has 100 valence electrons. The Labute approximate surface area is 134 Å². The van der Waals surface area contributed by atoms with Crippen molar-refractivity contribution in [3.63, 3.8) is 0 Å². The first kappa shape index (κ1) is 13.8. The van der Waals surface area contributed by atoms with E-state index >= 15 is 0 Å². The zero-order valence-corrected chi connectivity index (χ0v) is 13.8. The molecular formula is C16H10BrClOS. The van der Waals surface area contributed by atoms with Gasteiger partial charge in [-0.15, -0.1) is 11.3 Å². The molecule has 1 heterocycles. The van der Waals surface area contributed by atoms with Gasteiger partial charge in [0.1, 0.15) is 0 Å². The second kappa shape index (κ2) is 5.32. The molecule has 0 amide bonds. The molecule has 1 aromatic heterocycles. The third-order valence-corrected chi connectivity index (χ3v) is 5.43. The lowest BCUT2D eigenvalue weighted by Crippen LogP contribution is -2.02. The molecule has 0 radical (unpaired) electrons. The number of ketones is 1. The van der Waals surface area contributed by atoms with E-state index in [1.165, 1.54) is 0 Å². The minimum Gasteiger partial charge on any atom is -0.289 e. The van der Waals surface area contributed by atoms with Gasteiger partial charge in [-0.3, -0.25) is 4.79 Å². The maximum atomic E-state index is 12.7. The van der Waals surface area contributed by atoms with Gasteiger partial charge in [0.05, 0.1) is 0 Å². The van der Waals surface area contributed by atoms with Crippen molar-refractivity contribution < 1.29 is 4.79 Å². The van der Waals surface area contributed by atoms with Crippen molar-refractivity contribution in [3.05, 3.63) is 68.0 Å². The summed E-state index contributed by atoms with van der Waals surface area (Å²) in [5.41, 5.74) is 2.34. The molecule has 0 atom stereocenters. The van der Waals surface area contributed by atoms with Crippen LogP contribution >= 0.6 is 38.9 Å². The third kappa shape index (κ3) is 2.30. The van der Waals surface area contributed by atoms with Crippen LogP contribution in [0, 0.1) is 6.92 Å². The van der Waals surface area contributed by atoms with Crippen LogP contribution in [0.2, 0.25) is 5.02 Å². The first-order chi connectivity index (χ1) is 9.58. The number of halogens is 2. The fourth-order valence-corrected chi connectivity index (χ4v) is 3.96. The van der Waals surface area contributed by atoms with Crippen molar-refractivity contribution in [2.45, 2.75) is 6.92 Å².